The topological polar surface area (TPSA) is 56.5 Å². The second-order valence-electron chi connectivity index (χ2n) is 4.48. The average molecular weight is 268 g/mol. The van der Waals surface area contributed by atoms with E-state index in [-0.39, 0.29) is 30.0 Å². The lowest BCUT2D eigenvalue weighted by Gasteiger charge is -2.25. The van der Waals surface area contributed by atoms with Gasteiger partial charge in [-0.05, 0) is 18.6 Å². The first-order chi connectivity index (χ1) is 9.10. The second-order valence-corrected chi connectivity index (χ2v) is 4.48. The van der Waals surface area contributed by atoms with Gasteiger partial charge in [-0.25, -0.2) is 8.78 Å². The van der Waals surface area contributed by atoms with Crippen LogP contribution >= 0.6 is 0 Å². The van der Waals surface area contributed by atoms with Gasteiger partial charge in [0.1, 0.15) is 5.69 Å². The molecule has 0 aliphatic carbocycles. The largest absolute Gasteiger partial charge is 0.394 e. The highest BCUT2D eigenvalue weighted by atomic mass is 19.1. The molecule has 0 aromatic heterocycles. The molecule has 0 bridgehead atoms. The van der Waals surface area contributed by atoms with Crippen LogP contribution in [0.25, 0.3) is 0 Å². The third kappa shape index (κ3) is 2.53. The summed E-state index contributed by atoms with van der Waals surface area (Å²) in [6, 6.07) is 3.30. The number of hydrogen-bond acceptors (Lipinski definition) is 4. The van der Waals surface area contributed by atoms with Crippen LogP contribution in [0.4, 0.5) is 14.5 Å². The standard InChI is InChI=1S/C13H14F2N2O2/c1-19-10-4-9(7-18)17(6-10)13-11(14)2-8(5-16)3-12(13)15/h2-3,9-10,18H,4,6-7H2,1H3/t9-,10+/m0/s1. The molecule has 0 radical (unpaired) electrons. The first kappa shape index (κ1) is 13.7. The molecule has 1 N–H and O–H groups in total. The van der Waals surface area contributed by atoms with Gasteiger partial charge in [-0.2, -0.15) is 5.26 Å². The lowest BCUT2D eigenvalue weighted by molar-refractivity contribution is 0.115. The molecule has 1 heterocycles. The van der Waals surface area contributed by atoms with Gasteiger partial charge in [0.25, 0.3) is 0 Å². The summed E-state index contributed by atoms with van der Waals surface area (Å²) in [4.78, 5) is 1.46. The Labute approximate surface area is 109 Å². The molecular formula is C13H14F2N2O2. The van der Waals surface area contributed by atoms with Crippen LogP contribution in [0.1, 0.15) is 12.0 Å². The quantitative estimate of drug-likeness (QED) is 0.900. The predicted molar refractivity (Wildman–Crippen MR) is 64.7 cm³/mol. The van der Waals surface area contributed by atoms with Crippen molar-refractivity contribution in [2.24, 2.45) is 0 Å². The predicted octanol–water partition coefficient (Wildman–Crippen LogP) is 1.42. The lowest BCUT2D eigenvalue weighted by atomic mass is 10.1. The Morgan fingerprint density at radius 1 is 1.47 bits per heavy atom. The molecule has 2 atom stereocenters. The molecule has 0 unspecified atom stereocenters. The van der Waals surface area contributed by atoms with Crippen molar-refractivity contribution in [1.82, 2.24) is 0 Å². The van der Waals surface area contributed by atoms with Crippen LogP contribution in [0.15, 0.2) is 12.1 Å². The monoisotopic (exact) mass is 268 g/mol. The van der Waals surface area contributed by atoms with E-state index in [1.807, 2.05) is 0 Å². The second kappa shape index (κ2) is 5.51. The molecule has 1 saturated heterocycles. The first-order valence-corrected chi connectivity index (χ1v) is 5.90. The van der Waals surface area contributed by atoms with E-state index in [0.29, 0.717) is 13.0 Å². The van der Waals surface area contributed by atoms with Crippen LogP contribution in [0, 0.1) is 23.0 Å². The Bertz CT molecular complexity index is 493. The SMILES string of the molecule is CO[C@@H]1C[C@@H](CO)N(c2c(F)cc(C#N)cc2F)C1. The molecule has 19 heavy (non-hydrogen) atoms. The summed E-state index contributed by atoms with van der Waals surface area (Å²) in [5.74, 6) is -1.60. The highest BCUT2D eigenvalue weighted by Crippen LogP contribution is 2.32. The van der Waals surface area contributed by atoms with E-state index in [2.05, 4.69) is 0 Å². The first-order valence-electron chi connectivity index (χ1n) is 5.90. The van der Waals surface area contributed by atoms with Crippen molar-refractivity contribution >= 4 is 5.69 Å². The fourth-order valence-electron chi connectivity index (χ4n) is 2.40. The van der Waals surface area contributed by atoms with Crippen molar-refractivity contribution in [2.75, 3.05) is 25.2 Å². The van der Waals surface area contributed by atoms with E-state index in [0.717, 1.165) is 12.1 Å². The van der Waals surface area contributed by atoms with Crippen molar-refractivity contribution in [2.45, 2.75) is 18.6 Å². The van der Waals surface area contributed by atoms with E-state index in [9.17, 15) is 13.9 Å². The zero-order chi connectivity index (χ0) is 14.0. The smallest absolute Gasteiger partial charge is 0.150 e. The molecule has 4 nitrogen and oxygen atoms in total. The number of benzene rings is 1. The minimum Gasteiger partial charge on any atom is -0.394 e. The summed E-state index contributed by atoms with van der Waals surface area (Å²) in [5, 5.41) is 18.0. The number of rotatable bonds is 3. The van der Waals surface area contributed by atoms with Gasteiger partial charge in [-0.3, -0.25) is 0 Å². The van der Waals surface area contributed by atoms with E-state index < -0.39 is 11.6 Å². The fraction of sp³-hybridized carbons (Fsp3) is 0.462. The zero-order valence-electron chi connectivity index (χ0n) is 10.4. The molecule has 1 fully saturated rings. The van der Waals surface area contributed by atoms with E-state index in [1.165, 1.54) is 12.0 Å². The van der Waals surface area contributed by atoms with Gasteiger partial charge in [0.2, 0.25) is 0 Å². The maximum absolute atomic E-state index is 13.9. The van der Waals surface area contributed by atoms with Gasteiger partial charge < -0.3 is 14.7 Å². The summed E-state index contributed by atoms with van der Waals surface area (Å²) < 4.78 is 33.0. The number of nitriles is 1. The summed E-state index contributed by atoms with van der Waals surface area (Å²) in [5.41, 5.74) is -0.278. The van der Waals surface area contributed by atoms with Crippen LogP contribution in [-0.2, 0) is 4.74 Å². The fourth-order valence-corrected chi connectivity index (χ4v) is 2.40. The zero-order valence-corrected chi connectivity index (χ0v) is 10.4. The van der Waals surface area contributed by atoms with Crippen molar-refractivity contribution in [3.05, 3.63) is 29.3 Å². The number of methoxy groups -OCH3 is 1. The normalized spacial score (nSPS) is 22.6. The van der Waals surface area contributed by atoms with Gasteiger partial charge in [0.15, 0.2) is 11.6 Å². The van der Waals surface area contributed by atoms with Crippen molar-refractivity contribution in [3.8, 4) is 6.07 Å². The van der Waals surface area contributed by atoms with Gasteiger partial charge in [-0.1, -0.05) is 0 Å². The highest BCUT2D eigenvalue weighted by Gasteiger charge is 2.34. The molecule has 0 saturated carbocycles. The van der Waals surface area contributed by atoms with Gasteiger partial charge in [0, 0.05) is 13.7 Å². The van der Waals surface area contributed by atoms with E-state index >= 15 is 0 Å². The lowest BCUT2D eigenvalue weighted by Crippen LogP contribution is -2.34. The summed E-state index contributed by atoms with van der Waals surface area (Å²) in [6.45, 7) is 0.0974. The number of hydrogen-bond donors (Lipinski definition) is 1. The number of halogens is 2. The third-order valence-corrected chi connectivity index (χ3v) is 3.35. The van der Waals surface area contributed by atoms with Crippen LogP contribution in [0.3, 0.4) is 0 Å². The molecule has 1 aromatic rings. The van der Waals surface area contributed by atoms with Crippen molar-refractivity contribution < 1.29 is 18.6 Å². The Balaban J connectivity index is 2.39. The Morgan fingerprint density at radius 3 is 2.58 bits per heavy atom. The van der Waals surface area contributed by atoms with Crippen LogP contribution in [0.2, 0.25) is 0 Å². The highest BCUT2D eigenvalue weighted by molar-refractivity contribution is 5.54. The molecule has 1 aliphatic heterocycles. The Morgan fingerprint density at radius 2 is 2.11 bits per heavy atom. The Hall–Kier alpha value is -1.71. The number of aliphatic hydroxyl groups is 1. The molecule has 1 aromatic carbocycles. The van der Waals surface area contributed by atoms with E-state index in [4.69, 9.17) is 10.00 Å². The Kier molecular flexibility index (Phi) is 3.98. The van der Waals surface area contributed by atoms with E-state index in [1.54, 1.807) is 6.07 Å². The van der Waals surface area contributed by atoms with Crippen LogP contribution in [0.5, 0.6) is 0 Å². The van der Waals surface area contributed by atoms with Crippen LogP contribution < -0.4 is 4.90 Å². The molecule has 6 heteroatoms. The third-order valence-electron chi connectivity index (χ3n) is 3.35. The molecule has 2 rings (SSSR count). The molecule has 0 spiro atoms. The molecular weight excluding hydrogens is 254 g/mol. The minimum atomic E-state index is -0.799. The maximum atomic E-state index is 13.9. The summed E-state index contributed by atoms with van der Waals surface area (Å²) >= 11 is 0. The number of aliphatic hydroxyl groups excluding tert-OH is 1. The van der Waals surface area contributed by atoms with Gasteiger partial charge in [0.05, 0.1) is 30.4 Å². The molecule has 1 aliphatic rings. The number of anilines is 1. The van der Waals surface area contributed by atoms with Gasteiger partial charge in [-0.15, -0.1) is 0 Å². The number of ether oxygens (including phenoxy) is 1. The number of nitrogens with zero attached hydrogens (tertiary/aromatic N) is 2. The molecule has 0 amide bonds. The van der Waals surface area contributed by atoms with Crippen LogP contribution in [-0.4, -0.2) is 37.5 Å². The average Bonchev–Trinajstić information content (AvgIpc) is 2.81. The maximum Gasteiger partial charge on any atom is 0.150 e. The minimum absolute atomic E-state index is 0.0678. The summed E-state index contributed by atoms with van der Waals surface area (Å²) in [6.07, 6.45) is 0.331. The van der Waals surface area contributed by atoms with Crippen molar-refractivity contribution in [1.29, 1.82) is 5.26 Å². The summed E-state index contributed by atoms with van der Waals surface area (Å²) in [7, 11) is 1.52. The van der Waals surface area contributed by atoms with Crippen molar-refractivity contribution in [3.63, 3.8) is 0 Å². The molecule has 102 valence electrons. The van der Waals surface area contributed by atoms with Gasteiger partial charge >= 0.3 is 0 Å².